The number of amides is 1. The SMILES string of the molecule is COc1ccc(CNC(=O)c2ccccc2CCN)cc1. The molecule has 0 bridgehead atoms. The zero-order valence-corrected chi connectivity index (χ0v) is 12.1. The van der Waals surface area contributed by atoms with Crippen LogP contribution in [0.25, 0.3) is 0 Å². The second-order valence-electron chi connectivity index (χ2n) is 4.73. The average Bonchev–Trinajstić information content (AvgIpc) is 2.54. The van der Waals surface area contributed by atoms with Gasteiger partial charge in [0.2, 0.25) is 0 Å². The normalized spacial score (nSPS) is 10.2. The average molecular weight is 284 g/mol. The van der Waals surface area contributed by atoms with E-state index < -0.39 is 0 Å². The Bertz CT molecular complexity index is 594. The van der Waals surface area contributed by atoms with Crippen LogP contribution in [0.1, 0.15) is 21.5 Å². The molecular formula is C17H20N2O2. The predicted octanol–water partition coefficient (Wildman–Crippen LogP) is 2.13. The van der Waals surface area contributed by atoms with Crippen LogP contribution in [-0.4, -0.2) is 19.6 Å². The molecule has 0 aliphatic carbocycles. The van der Waals surface area contributed by atoms with Crippen LogP contribution in [0.5, 0.6) is 5.75 Å². The van der Waals surface area contributed by atoms with Crippen LogP contribution in [0.15, 0.2) is 48.5 Å². The summed E-state index contributed by atoms with van der Waals surface area (Å²) in [7, 11) is 1.63. The van der Waals surface area contributed by atoms with Crippen LogP contribution in [-0.2, 0) is 13.0 Å². The third kappa shape index (κ3) is 4.07. The van der Waals surface area contributed by atoms with Gasteiger partial charge < -0.3 is 15.8 Å². The molecule has 110 valence electrons. The number of hydrogen-bond donors (Lipinski definition) is 2. The lowest BCUT2D eigenvalue weighted by Crippen LogP contribution is -2.24. The summed E-state index contributed by atoms with van der Waals surface area (Å²) in [4.78, 5) is 12.3. The number of ether oxygens (including phenoxy) is 1. The van der Waals surface area contributed by atoms with Crippen LogP contribution in [0.4, 0.5) is 0 Å². The number of methoxy groups -OCH3 is 1. The fourth-order valence-corrected chi connectivity index (χ4v) is 2.14. The first-order valence-electron chi connectivity index (χ1n) is 6.93. The maximum Gasteiger partial charge on any atom is 0.251 e. The highest BCUT2D eigenvalue weighted by Gasteiger charge is 2.09. The van der Waals surface area contributed by atoms with Gasteiger partial charge in [0, 0.05) is 12.1 Å². The Morgan fingerprint density at radius 1 is 1.14 bits per heavy atom. The maximum atomic E-state index is 12.3. The van der Waals surface area contributed by atoms with Crippen molar-refractivity contribution in [2.75, 3.05) is 13.7 Å². The van der Waals surface area contributed by atoms with Crippen LogP contribution in [0.3, 0.4) is 0 Å². The van der Waals surface area contributed by atoms with Crippen LogP contribution >= 0.6 is 0 Å². The molecule has 2 aromatic rings. The summed E-state index contributed by atoms with van der Waals surface area (Å²) in [5, 5.41) is 2.93. The number of rotatable bonds is 6. The van der Waals surface area contributed by atoms with Gasteiger partial charge in [0.15, 0.2) is 0 Å². The lowest BCUT2D eigenvalue weighted by Gasteiger charge is -2.10. The van der Waals surface area contributed by atoms with Gasteiger partial charge in [0.05, 0.1) is 7.11 Å². The van der Waals surface area contributed by atoms with Gasteiger partial charge in [-0.3, -0.25) is 4.79 Å². The Labute approximate surface area is 124 Å². The number of nitrogens with two attached hydrogens (primary N) is 1. The number of hydrogen-bond acceptors (Lipinski definition) is 3. The van der Waals surface area contributed by atoms with Gasteiger partial charge in [-0.15, -0.1) is 0 Å². The zero-order chi connectivity index (χ0) is 15.1. The van der Waals surface area contributed by atoms with Crippen LogP contribution < -0.4 is 15.8 Å². The minimum Gasteiger partial charge on any atom is -0.497 e. The lowest BCUT2D eigenvalue weighted by molar-refractivity contribution is 0.0950. The monoisotopic (exact) mass is 284 g/mol. The molecule has 4 heteroatoms. The van der Waals surface area contributed by atoms with Gasteiger partial charge in [0.1, 0.15) is 5.75 Å². The van der Waals surface area contributed by atoms with Crippen molar-refractivity contribution in [1.82, 2.24) is 5.32 Å². The molecule has 3 N–H and O–H groups in total. The second kappa shape index (κ2) is 7.45. The molecule has 0 aliphatic heterocycles. The molecule has 0 heterocycles. The van der Waals surface area contributed by atoms with E-state index >= 15 is 0 Å². The van der Waals surface area contributed by atoms with Crippen molar-refractivity contribution < 1.29 is 9.53 Å². The number of carbonyl (C=O) groups excluding carboxylic acids is 1. The third-order valence-electron chi connectivity index (χ3n) is 3.29. The molecule has 0 aliphatic rings. The van der Waals surface area contributed by atoms with Crippen molar-refractivity contribution in [2.45, 2.75) is 13.0 Å². The second-order valence-corrected chi connectivity index (χ2v) is 4.73. The van der Waals surface area contributed by atoms with Gasteiger partial charge in [-0.1, -0.05) is 30.3 Å². The molecule has 21 heavy (non-hydrogen) atoms. The van der Waals surface area contributed by atoms with Crippen LogP contribution in [0, 0.1) is 0 Å². The highest BCUT2D eigenvalue weighted by molar-refractivity contribution is 5.95. The molecule has 0 spiro atoms. The smallest absolute Gasteiger partial charge is 0.251 e. The topological polar surface area (TPSA) is 64.3 Å². The van der Waals surface area contributed by atoms with Crippen LogP contribution in [0.2, 0.25) is 0 Å². The number of benzene rings is 2. The van der Waals surface area contributed by atoms with Crippen molar-refractivity contribution in [3.05, 3.63) is 65.2 Å². The maximum absolute atomic E-state index is 12.3. The molecule has 0 saturated carbocycles. The summed E-state index contributed by atoms with van der Waals surface area (Å²) in [5.74, 6) is 0.730. The molecule has 2 rings (SSSR count). The summed E-state index contributed by atoms with van der Waals surface area (Å²) in [6.45, 7) is 1.02. The van der Waals surface area contributed by atoms with Gasteiger partial charge in [-0.2, -0.15) is 0 Å². The highest BCUT2D eigenvalue weighted by atomic mass is 16.5. The fraction of sp³-hybridized carbons (Fsp3) is 0.235. The summed E-state index contributed by atoms with van der Waals surface area (Å²) < 4.78 is 5.11. The Morgan fingerprint density at radius 3 is 2.52 bits per heavy atom. The van der Waals surface area contributed by atoms with E-state index in [0.717, 1.165) is 16.9 Å². The Balaban J connectivity index is 2.01. The van der Waals surface area contributed by atoms with E-state index in [1.54, 1.807) is 7.11 Å². The van der Waals surface area contributed by atoms with E-state index in [9.17, 15) is 4.79 Å². The van der Waals surface area contributed by atoms with Gasteiger partial charge in [0.25, 0.3) is 5.91 Å². The molecular weight excluding hydrogens is 264 g/mol. The molecule has 0 unspecified atom stereocenters. The first-order chi connectivity index (χ1) is 10.2. The Kier molecular flexibility index (Phi) is 5.35. The molecule has 1 amide bonds. The molecule has 2 aromatic carbocycles. The Morgan fingerprint density at radius 2 is 1.86 bits per heavy atom. The highest BCUT2D eigenvalue weighted by Crippen LogP contribution is 2.12. The summed E-state index contributed by atoms with van der Waals surface area (Å²) in [6, 6.07) is 15.2. The van der Waals surface area contributed by atoms with Gasteiger partial charge in [-0.25, -0.2) is 0 Å². The Hall–Kier alpha value is -2.33. The van der Waals surface area contributed by atoms with E-state index in [4.69, 9.17) is 10.5 Å². The van der Waals surface area contributed by atoms with Gasteiger partial charge >= 0.3 is 0 Å². The number of carbonyl (C=O) groups is 1. The van der Waals surface area contributed by atoms with Crippen molar-refractivity contribution in [3.63, 3.8) is 0 Å². The molecule has 0 aromatic heterocycles. The summed E-state index contributed by atoms with van der Waals surface area (Å²) in [6.07, 6.45) is 0.701. The molecule has 0 saturated heterocycles. The standard InChI is InChI=1S/C17H20N2O2/c1-21-15-8-6-13(7-9-15)12-19-17(20)16-5-3-2-4-14(16)10-11-18/h2-9H,10-12,18H2,1H3,(H,19,20). The first kappa shape index (κ1) is 15.1. The van der Waals surface area contributed by atoms with E-state index in [2.05, 4.69) is 5.32 Å². The fourth-order valence-electron chi connectivity index (χ4n) is 2.14. The zero-order valence-electron chi connectivity index (χ0n) is 12.1. The molecule has 0 atom stereocenters. The lowest BCUT2D eigenvalue weighted by atomic mass is 10.0. The quantitative estimate of drug-likeness (QED) is 0.854. The van der Waals surface area contributed by atoms with Crippen molar-refractivity contribution >= 4 is 5.91 Å². The first-order valence-corrected chi connectivity index (χ1v) is 6.93. The van der Waals surface area contributed by atoms with Crippen molar-refractivity contribution in [1.29, 1.82) is 0 Å². The predicted molar refractivity (Wildman–Crippen MR) is 83.4 cm³/mol. The third-order valence-corrected chi connectivity index (χ3v) is 3.29. The van der Waals surface area contributed by atoms with E-state index in [1.165, 1.54) is 0 Å². The van der Waals surface area contributed by atoms with E-state index in [0.29, 0.717) is 25.1 Å². The minimum atomic E-state index is -0.0742. The van der Waals surface area contributed by atoms with Gasteiger partial charge in [-0.05, 0) is 42.3 Å². The summed E-state index contributed by atoms with van der Waals surface area (Å²) in [5.41, 5.74) is 8.28. The van der Waals surface area contributed by atoms with E-state index in [1.807, 2.05) is 48.5 Å². The number of nitrogens with one attached hydrogen (secondary N) is 1. The van der Waals surface area contributed by atoms with E-state index in [-0.39, 0.29) is 5.91 Å². The minimum absolute atomic E-state index is 0.0742. The van der Waals surface area contributed by atoms with Crippen molar-refractivity contribution in [3.8, 4) is 5.75 Å². The molecule has 4 nitrogen and oxygen atoms in total. The molecule has 0 radical (unpaired) electrons. The molecule has 0 fully saturated rings. The van der Waals surface area contributed by atoms with Crippen molar-refractivity contribution in [2.24, 2.45) is 5.73 Å². The largest absolute Gasteiger partial charge is 0.497 e. The summed E-state index contributed by atoms with van der Waals surface area (Å²) >= 11 is 0.